The number of hydrogen-bond donors (Lipinski definition) is 3. The van der Waals surface area contributed by atoms with Crippen molar-refractivity contribution in [2.75, 3.05) is 12.4 Å². The minimum atomic E-state index is -0.842. The Labute approximate surface area is 182 Å². The highest BCUT2D eigenvalue weighted by Gasteiger charge is 2.34. The molecule has 6 nitrogen and oxygen atoms in total. The van der Waals surface area contributed by atoms with Crippen molar-refractivity contribution in [3.05, 3.63) is 77.0 Å². The number of rotatable bonds is 7. The van der Waals surface area contributed by atoms with E-state index < -0.39 is 5.60 Å². The van der Waals surface area contributed by atoms with Gasteiger partial charge in [-0.25, -0.2) is 0 Å². The molecule has 31 heavy (non-hydrogen) atoms. The molecule has 1 aliphatic carbocycles. The third-order valence-corrected chi connectivity index (χ3v) is 6.10. The SMILES string of the molecule is COc1ccc(CC(=O)Nc2[nH]ncc2C2CC(c3cccc(C(C)(C)O)c3)C2)cc1. The van der Waals surface area contributed by atoms with Gasteiger partial charge in [0.05, 0.1) is 25.3 Å². The number of anilines is 1. The summed E-state index contributed by atoms with van der Waals surface area (Å²) in [5, 5.41) is 20.4. The number of carbonyl (C=O) groups excluding carboxylic acids is 1. The zero-order chi connectivity index (χ0) is 22.0. The fourth-order valence-corrected chi connectivity index (χ4v) is 4.13. The van der Waals surface area contributed by atoms with Crippen LogP contribution in [0.1, 0.15) is 60.8 Å². The molecule has 1 saturated carbocycles. The lowest BCUT2D eigenvalue weighted by Crippen LogP contribution is -2.23. The largest absolute Gasteiger partial charge is 0.497 e. The number of nitrogens with zero attached hydrogens (tertiary/aromatic N) is 1. The minimum Gasteiger partial charge on any atom is -0.497 e. The highest BCUT2D eigenvalue weighted by atomic mass is 16.5. The molecule has 1 fully saturated rings. The summed E-state index contributed by atoms with van der Waals surface area (Å²) in [6.07, 6.45) is 4.10. The predicted octanol–water partition coefficient (Wildman–Crippen LogP) is 4.49. The van der Waals surface area contributed by atoms with Gasteiger partial charge in [0, 0.05) is 5.56 Å². The van der Waals surface area contributed by atoms with Crippen molar-refractivity contribution in [2.45, 2.75) is 50.5 Å². The number of aromatic nitrogens is 2. The second kappa shape index (κ2) is 8.55. The number of nitrogens with one attached hydrogen (secondary N) is 2. The van der Waals surface area contributed by atoms with Gasteiger partial charge in [0.25, 0.3) is 0 Å². The van der Waals surface area contributed by atoms with Crippen LogP contribution in [0.3, 0.4) is 0 Å². The van der Waals surface area contributed by atoms with Gasteiger partial charge in [0.1, 0.15) is 11.6 Å². The Kier molecular flexibility index (Phi) is 5.83. The molecule has 0 saturated heterocycles. The molecule has 2 aromatic carbocycles. The number of methoxy groups -OCH3 is 1. The van der Waals surface area contributed by atoms with Gasteiger partial charge >= 0.3 is 0 Å². The molecular weight excluding hydrogens is 390 g/mol. The normalized spacial score (nSPS) is 18.3. The number of aromatic amines is 1. The number of benzene rings is 2. The number of hydrogen-bond acceptors (Lipinski definition) is 4. The van der Waals surface area contributed by atoms with E-state index in [1.165, 1.54) is 5.56 Å². The van der Waals surface area contributed by atoms with Crippen molar-refractivity contribution in [1.29, 1.82) is 0 Å². The van der Waals surface area contributed by atoms with E-state index in [0.29, 0.717) is 24.1 Å². The molecule has 1 heterocycles. The summed E-state index contributed by atoms with van der Waals surface area (Å²) >= 11 is 0. The lowest BCUT2D eigenvalue weighted by Gasteiger charge is -2.36. The molecule has 1 aromatic heterocycles. The van der Waals surface area contributed by atoms with E-state index in [9.17, 15) is 9.90 Å². The molecule has 162 valence electrons. The second-order valence-electron chi connectivity index (χ2n) is 8.82. The van der Waals surface area contributed by atoms with E-state index in [1.807, 2.05) is 56.4 Å². The summed E-state index contributed by atoms with van der Waals surface area (Å²) in [5.74, 6) is 2.18. The Morgan fingerprint density at radius 2 is 1.94 bits per heavy atom. The molecule has 0 bridgehead atoms. The first kappa shape index (κ1) is 21.1. The minimum absolute atomic E-state index is 0.0792. The van der Waals surface area contributed by atoms with Crippen LogP contribution < -0.4 is 10.1 Å². The summed E-state index contributed by atoms with van der Waals surface area (Å²) in [7, 11) is 1.62. The molecule has 1 amide bonds. The molecule has 0 atom stereocenters. The van der Waals surface area contributed by atoms with E-state index in [2.05, 4.69) is 27.6 Å². The van der Waals surface area contributed by atoms with E-state index in [-0.39, 0.29) is 5.91 Å². The van der Waals surface area contributed by atoms with Crippen molar-refractivity contribution >= 4 is 11.7 Å². The standard InChI is InChI=1S/C25H29N3O3/c1-25(2,30)20-6-4-5-17(14-20)18-12-19(13-18)22-15-26-28-24(22)27-23(29)11-16-7-9-21(31-3)10-8-16/h4-10,14-15,18-19,30H,11-13H2,1-3H3,(H2,26,27,28,29). The molecule has 0 unspecified atom stereocenters. The zero-order valence-corrected chi connectivity index (χ0v) is 18.2. The average molecular weight is 420 g/mol. The highest BCUT2D eigenvalue weighted by Crippen LogP contribution is 2.49. The average Bonchev–Trinajstić information content (AvgIpc) is 3.14. The van der Waals surface area contributed by atoms with Crippen molar-refractivity contribution in [3.8, 4) is 5.75 Å². The molecule has 4 rings (SSSR count). The summed E-state index contributed by atoms with van der Waals surface area (Å²) in [6.45, 7) is 3.62. The lowest BCUT2D eigenvalue weighted by atomic mass is 9.68. The highest BCUT2D eigenvalue weighted by molar-refractivity contribution is 5.92. The van der Waals surface area contributed by atoms with Crippen molar-refractivity contribution in [2.24, 2.45) is 0 Å². The maximum absolute atomic E-state index is 12.5. The Bertz CT molecular complexity index is 1040. The number of aliphatic hydroxyl groups is 1. The fourth-order valence-electron chi connectivity index (χ4n) is 4.13. The van der Waals surface area contributed by atoms with Crippen molar-refractivity contribution in [3.63, 3.8) is 0 Å². The van der Waals surface area contributed by atoms with Gasteiger partial charge < -0.3 is 15.2 Å². The van der Waals surface area contributed by atoms with Gasteiger partial charge in [-0.05, 0) is 67.3 Å². The maximum Gasteiger partial charge on any atom is 0.229 e. The Balaban J connectivity index is 1.37. The summed E-state index contributed by atoms with van der Waals surface area (Å²) in [5.41, 5.74) is 3.32. The molecule has 1 aliphatic rings. The fraction of sp³-hybridized carbons (Fsp3) is 0.360. The van der Waals surface area contributed by atoms with Crippen LogP contribution in [0.15, 0.2) is 54.7 Å². The molecule has 6 heteroatoms. The van der Waals surface area contributed by atoms with Gasteiger partial charge in [-0.15, -0.1) is 0 Å². The number of H-pyrrole nitrogens is 1. The number of ether oxygens (including phenoxy) is 1. The van der Waals surface area contributed by atoms with Gasteiger partial charge in [-0.3, -0.25) is 9.89 Å². The van der Waals surface area contributed by atoms with Crippen LogP contribution >= 0.6 is 0 Å². The predicted molar refractivity (Wildman–Crippen MR) is 120 cm³/mol. The Hall–Kier alpha value is -3.12. The molecule has 3 aromatic rings. The summed E-state index contributed by atoms with van der Waals surface area (Å²) in [4.78, 5) is 12.5. The van der Waals surface area contributed by atoms with Crippen LogP contribution in [0.4, 0.5) is 5.82 Å². The third kappa shape index (κ3) is 4.80. The first-order valence-electron chi connectivity index (χ1n) is 10.6. The van der Waals surface area contributed by atoms with E-state index >= 15 is 0 Å². The molecule has 3 N–H and O–H groups in total. The summed E-state index contributed by atoms with van der Waals surface area (Å²) < 4.78 is 5.16. The van der Waals surface area contributed by atoms with Crippen molar-refractivity contribution < 1.29 is 14.6 Å². The quantitative estimate of drug-likeness (QED) is 0.527. The van der Waals surface area contributed by atoms with E-state index in [0.717, 1.165) is 35.3 Å². The molecular formula is C25H29N3O3. The molecule has 0 spiro atoms. The van der Waals surface area contributed by atoms with Crippen LogP contribution in [0.5, 0.6) is 5.75 Å². The van der Waals surface area contributed by atoms with E-state index in [1.54, 1.807) is 7.11 Å². The van der Waals surface area contributed by atoms with Gasteiger partial charge in [-0.2, -0.15) is 5.10 Å². The smallest absolute Gasteiger partial charge is 0.229 e. The van der Waals surface area contributed by atoms with Crippen LogP contribution in [0.2, 0.25) is 0 Å². The van der Waals surface area contributed by atoms with Crippen LogP contribution in [-0.4, -0.2) is 28.3 Å². The lowest BCUT2D eigenvalue weighted by molar-refractivity contribution is -0.115. The Morgan fingerprint density at radius 3 is 2.61 bits per heavy atom. The summed E-state index contributed by atoms with van der Waals surface area (Å²) in [6, 6.07) is 15.7. The molecule has 0 aliphatic heterocycles. The topological polar surface area (TPSA) is 87.2 Å². The monoisotopic (exact) mass is 419 g/mol. The van der Waals surface area contributed by atoms with Crippen LogP contribution in [0, 0.1) is 0 Å². The van der Waals surface area contributed by atoms with Gasteiger partial charge in [0.15, 0.2) is 0 Å². The van der Waals surface area contributed by atoms with E-state index in [4.69, 9.17) is 4.74 Å². The third-order valence-electron chi connectivity index (χ3n) is 6.10. The van der Waals surface area contributed by atoms with Crippen LogP contribution in [-0.2, 0) is 16.8 Å². The van der Waals surface area contributed by atoms with Gasteiger partial charge in [-0.1, -0.05) is 36.4 Å². The number of carbonyl (C=O) groups is 1. The zero-order valence-electron chi connectivity index (χ0n) is 18.2. The first-order valence-corrected chi connectivity index (χ1v) is 10.6. The second-order valence-corrected chi connectivity index (χ2v) is 8.82. The number of amides is 1. The first-order chi connectivity index (χ1) is 14.8. The van der Waals surface area contributed by atoms with Gasteiger partial charge in [0.2, 0.25) is 5.91 Å². The molecule has 0 radical (unpaired) electrons. The van der Waals surface area contributed by atoms with Crippen molar-refractivity contribution in [1.82, 2.24) is 10.2 Å². The Morgan fingerprint density at radius 1 is 1.19 bits per heavy atom. The van der Waals surface area contributed by atoms with Crippen LogP contribution in [0.25, 0.3) is 0 Å². The maximum atomic E-state index is 12.5.